The zero-order chi connectivity index (χ0) is 14.5. The van der Waals surface area contributed by atoms with E-state index in [-0.39, 0.29) is 6.04 Å². The van der Waals surface area contributed by atoms with Gasteiger partial charge >= 0.3 is 0 Å². The molecule has 0 bridgehead atoms. The lowest BCUT2D eigenvalue weighted by Gasteiger charge is -2.19. The third kappa shape index (κ3) is 3.62. The zero-order valence-electron chi connectivity index (χ0n) is 12.9. The number of aryl methyl sites for hydroxylation is 1. The molecule has 3 nitrogen and oxygen atoms in total. The highest BCUT2D eigenvalue weighted by atomic mass is 16.5. The van der Waals surface area contributed by atoms with E-state index in [0.717, 1.165) is 30.9 Å². The lowest BCUT2D eigenvalue weighted by atomic mass is 10.0. The second-order valence-corrected chi connectivity index (χ2v) is 5.60. The Morgan fingerprint density at radius 3 is 2.80 bits per heavy atom. The topological polar surface area (TPSA) is 34.4 Å². The number of hydrogen-bond acceptors (Lipinski definition) is 3. The average Bonchev–Trinajstić information content (AvgIpc) is 2.81. The third-order valence-corrected chi connectivity index (χ3v) is 3.57. The first-order chi connectivity index (χ1) is 9.63. The molecule has 0 aliphatic heterocycles. The van der Waals surface area contributed by atoms with Crippen molar-refractivity contribution >= 4 is 11.0 Å². The summed E-state index contributed by atoms with van der Waals surface area (Å²) < 4.78 is 11.2. The third-order valence-electron chi connectivity index (χ3n) is 3.57. The van der Waals surface area contributed by atoms with Crippen LogP contribution in [0.25, 0.3) is 11.0 Å². The van der Waals surface area contributed by atoms with Gasteiger partial charge in [-0.2, -0.15) is 0 Å². The van der Waals surface area contributed by atoms with E-state index >= 15 is 0 Å². The van der Waals surface area contributed by atoms with Gasteiger partial charge in [-0.3, -0.25) is 0 Å². The molecule has 0 amide bonds. The minimum atomic E-state index is 0.248. The van der Waals surface area contributed by atoms with Gasteiger partial charge < -0.3 is 14.5 Å². The largest absolute Gasteiger partial charge is 0.459 e. The van der Waals surface area contributed by atoms with Crippen molar-refractivity contribution in [3.05, 3.63) is 35.6 Å². The summed E-state index contributed by atoms with van der Waals surface area (Å²) in [5.41, 5.74) is 2.23. The van der Waals surface area contributed by atoms with E-state index in [0.29, 0.717) is 5.92 Å². The highest BCUT2D eigenvalue weighted by molar-refractivity contribution is 5.78. The molecule has 20 heavy (non-hydrogen) atoms. The highest BCUT2D eigenvalue weighted by Gasteiger charge is 2.18. The molecule has 0 aliphatic carbocycles. The van der Waals surface area contributed by atoms with Crippen LogP contribution in [0.2, 0.25) is 0 Å². The monoisotopic (exact) mass is 275 g/mol. The van der Waals surface area contributed by atoms with Crippen LogP contribution in [0.3, 0.4) is 0 Å². The Balaban J connectivity index is 2.21. The maximum absolute atomic E-state index is 6.01. The standard InChI is InChI=1S/C17H25NO2/c1-5-18-15(9-13(3)11-19-4)17-10-14-8-12(2)6-7-16(14)20-17/h6-8,10,13,15,18H,5,9,11H2,1-4H3. The first-order valence-corrected chi connectivity index (χ1v) is 7.36. The van der Waals surface area contributed by atoms with Crippen molar-refractivity contribution in [3.63, 3.8) is 0 Å². The minimum absolute atomic E-state index is 0.248. The smallest absolute Gasteiger partial charge is 0.134 e. The fourth-order valence-electron chi connectivity index (χ4n) is 2.66. The summed E-state index contributed by atoms with van der Waals surface area (Å²) in [5, 5.41) is 4.70. The van der Waals surface area contributed by atoms with E-state index in [1.807, 2.05) is 0 Å². The zero-order valence-corrected chi connectivity index (χ0v) is 12.9. The second kappa shape index (κ2) is 6.91. The van der Waals surface area contributed by atoms with Crippen molar-refractivity contribution in [1.29, 1.82) is 0 Å². The van der Waals surface area contributed by atoms with Crippen LogP contribution in [0.4, 0.5) is 0 Å². The van der Waals surface area contributed by atoms with E-state index < -0.39 is 0 Å². The minimum Gasteiger partial charge on any atom is -0.459 e. The summed E-state index contributed by atoms with van der Waals surface area (Å²) in [6.45, 7) is 8.15. The maximum Gasteiger partial charge on any atom is 0.134 e. The second-order valence-electron chi connectivity index (χ2n) is 5.60. The summed E-state index contributed by atoms with van der Waals surface area (Å²) in [4.78, 5) is 0. The van der Waals surface area contributed by atoms with Gasteiger partial charge in [0.05, 0.1) is 6.04 Å². The Hall–Kier alpha value is -1.32. The van der Waals surface area contributed by atoms with Crippen molar-refractivity contribution < 1.29 is 9.15 Å². The number of ether oxygens (including phenoxy) is 1. The summed E-state index contributed by atoms with van der Waals surface area (Å²) in [6, 6.07) is 8.72. The molecule has 110 valence electrons. The molecule has 3 heteroatoms. The summed E-state index contributed by atoms with van der Waals surface area (Å²) in [5.74, 6) is 1.52. The molecule has 2 unspecified atom stereocenters. The van der Waals surface area contributed by atoms with Crippen molar-refractivity contribution in [1.82, 2.24) is 5.32 Å². The SMILES string of the molecule is CCNC(CC(C)COC)c1cc2cc(C)ccc2o1. The van der Waals surface area contributed by atoms with Crippen LogP contribution < -0.4 is 5.32 Å². The molecule has 2 atom stereocenters. The maximum atomic E-state index is 6.01. The number of benzene rings is 1. The Kier molecular flexibility index (Phi) is 5.21. The van der Waals surface area contributed by atoms with Gasteiger partial charge in [-0.1, -0.05) is 25.5 Å². The van der Waals surface area contributed by atoms with Gasteiger partial charge in [-0.05, 0) is 44.0 Å². The molecule has 0 fully saturated rings. The molecule has 0 radical (unpaired) electrons. The predicted octanol–water partition coefficient (Wildman–Crippen LogP) is 4.06. The number of furan rings is 1. The Morgan fingerprint density at radius 2 is 2.10 bits per heavy atom. The van der Waals surface area contributed by atoms with E-state index in [1.165, 1.54) is 10.9 Å². The summed E-state index contributed by atoms with van der Waals surface area (Å²) in [7, 11) is 1.75. The number of methoxy groups -OCH3 is 1. The molecule has 1 aromatic carbocycles. The van der Waals surface area contributed by atoms with E-state index in [2.05, 4.69) is 50.4 Å². The van der Waals surface area contributed by atoms with Gasteiger partial charge in [-0.15, -0.1) is 0 Å². The van der Waals surface area contributed by atoms with Gasteiger partial charge in [0, 0.05) is 19.1 Å². The fraction of sp³-hybridized carbons (Fsp3) is 0.529. The van der Waals surface area contributed by atoms with Gasteiger partial charge in [0.2, 0.25) is 0 Å². The molecule has 2 rings (SSSR count). The van der Waals surface area contributed by atoms with Crippen molar-refractivity contribution in [2.24, 2.45) is 5.92 Å². The normalized spacial score (nSPS) is 14.6. The van der Waals surface area contributed by atoms with Crippen LogP contribution in [-0.2, 0) is 4.74 Å². The lowest BCUT2D eigenvalue weighted by Crippen LogP contribution is -2.23. The number of fused-ring (bicyclic) bond motifs is 1. The van der Waals surface area contributed by atoms with Crippen LogP contribution in [0, 0.1) is 12.8 Å². The molecule has 1 heterocycles. The summed E-state index contributed by atoms with van der Waals surface area (Å²) in [6.07, 6.45) is 1.01. The van der Waals surface area contributed by atoms with Crippen LogP contribution in [-0.4, -0.2) is 20.3 Å². The quantitative estimate of drug-likeness (QED) is 0.827. The molecular formula is C17H25NO2. The highest BCUT2D eigenvalue weighted by Crippen LogP contribution is 2.28. The van der Waals surface area contributed by atoms with E-state index in [4.69, 9.17) is 9.15 Å². The molecule has 0 saturated heterocycles. The average molecular weight is 275 g/mol. The molecule has 2 aromatic rings. The number of nitrogens with one attached hydrogen (secondary N) is 1. The van der Waals surface area contributed by atoms with Crippen molar-refractivity contribution in [2.45, 2.75) is 33.2 Å². The molecule has 0 spiro atoms. The molecule has 0 aliphatic rings. The number of hydrogen-bond donors (Lipinski definition) is 1. The predicted molar refractivity (Wildman–Crippen MR) is 83.0 cm³/mol. The van der Waals surface area contributed by atoms with E-state index in [9.17, 15) is 0 Å². The number of rotatable bonds is 7. The fourth-order valence-corrected chi connectivity index (χ4v) is 2.66. The molecular weight excluding hydrogens is 250 g/mol. The Labute approximate surface area is 121 Å². The molecule has 1 N–H and O–H groups in total. The van der Waals surface area contributed by atoms with Crippen LogP contribution in [0.15, 0.2) is 28.7 Å². The van der Waals surface area contributed by atoms with E-state index in [1.54, 1.807) is 7.11 Å². The first-order valence-electron chi connectivity index (χ1n) is 7.36. The van der Waals surface area contributed by atoms with Crippen molar-refractivity contribution in [3.8, 4) is 0 Å². The molecule has 1 aromatic heterocycles. The van der Waals surface area contributed by atoms with Crippen LogP contribution >= 0.6 is 0 Å². The summed E-state index contributed by atoms with van der Waals surface area (Å²) >= 11 is 0. The van der Waals surface area contributed by atoms with Crippen LogP contribution in [0.5, 0.6) is 0 Å². The first kappa shape index (κ1) is 15.1. The van der Waals surface area contributed by atoms with Crippen LogP contribution in [0.1, 0.15) is 37.6 Å². The van der Waals surface area contributed by atoms with Gasteiger partial charge in [-0.25, -0.2) is 0 Å². The Bertz CT molecular complexity index is 547. The van der Waals surface area contributed by atoms with Gasteiger partial charge in [0.1, 0.15) is 11.3 Å². The lowest BCUT2D eigenvalue weighted by molar-refractivity contribution is 0.147. The van der Waals surface area contributed by atoms with Gasteiger partial charge in [0.25, 0.3) is 0 Å². The van der Waals surface area contributed by atoms with Gasteiger partial charge in [0.15, 0.2) is 0 Å². The molecule has 0 saturated carbocycles. The van der Waals surface area contributed by atoms with Crippen molar-refractivity contribution in [2.75, 3.05) is 20.3 Å². The Morgan fingerprint density at radius 1 is 1.30 bits per heavy atom.